The van der Waals surface area contributed by atoms with Crippen LogP contribution in [0.4, 0.5) is 0 Å². The van der Waals surface area contributed by atoms with Crippen molar-refractivity contribution < 1.29 is 13.5 Å². The molecule has 1 aliphatic carbocycles. The maximum atomic E-state index is 12.2. The summed E-state index contributed by atoms with van der Waals surface area (Å²) in [5.74, 6) is 0.594. The van der Waals surface area contributed by atoms with Crippen LogP contribution in [0.15, 0.2) is 30.7 Å². The Labute approximate surface area is 184 Å². The Hall–Kier alpha value is -1.87. The largest absolute Gasteiger partial charge is 0.771 e. The Balaban J connectivity index is 1.36. The lowest BCUT2D eigenvalue weighted by molar-refractivity contribution is 0.0147. The van der Waals surface area contributed by atoms with Gasteiger partial charge in [0.15, 0.2) is 5.65 Å². The van der Waals surface area contributed by atoms with Crippen LogP contribution >= 0.6 is 0 Å². The number of rotatable bonds is 5. The summed E-state index contributed by atoms with van der Waals surface area (Å²) in [6.07, 6.45) is 11.6. The molecule has 1 aliphatic heterocycles. The number of piperidine rings is 1. The molecule has 0 radical (unpaired) electrons. The predicted molar refractivity (Wildman–Crippen MR) is 120 cm³/mol. The van der Waals surface area contributed by atoms with Crippen molar-refractivity contribution >= 4 is 33.0 Å². The standard InChI is InChI=1S/C23H30N4O3S/c1-30-17-3-2-12-27(14-17)23(31(28)29)16-6-4-15(5-7-16)18-8-10-24-20-13-26-22-19(21(18)20)9-11-25-22/h8-11,13,15-17,23-24H,2-7,12,14H2,1H3,(H,28,29)/p-1. The van der Waals surface area contributed by atoms with Crippen LogP contribution in [-0.4, -0.2) is 60.3 Å². The fraction of sp³-hybridized carbons (Fsp3) is 0.565. The van der Waals surface area contributed by atoms with Gasteiger partial charge in [-0.1, -0.05) is 0 Å². The minimum Gasteiger partial charge on any atom is -0.771 e. The summed E-state index contributed by atoms with van der Waals surface area (Å²) in [5.41, 5.74) is 3.13. The molecule has 0 amide bonds. The van der Waals surface area contributed by atoms with Gasteiger partial charge in [-0.2, -0.15) is 0 Å². The molecule has 0 aromatic carbocycles. The van der Waals surface area contributed by atoms with E-state index in [4.69, 9.17) is 4.74 Å². The van der Waals surface area contributed by atoms with Crippen molar-refractivity contribution in [2.75, 3.05) is 20.2 Å². The zero-order valence-corrected chi connectivity index (χ0v) is 18.6. The normalized spacial score (nSPS) is 27.5. The number of aromatic amines is 1. The number of fused-ring (bicyclic) bond motifs is 3. The minimum atomic E-state index is -2.11. The van der Waals surface area contributed by atoms with Gasteiger partial charge in [-0.15, -0.1) is 0 Å². The lowest BCUT2D eigenvalue weighted by Crippen LogP contribution is -2.50. The summed E-state index contributed by atoms with van der Waals surface area (Å²) < 4.78 is 30.0. The van der Waals surface area contributed by atoms with Crippen molar-refractivity contribution in [3.63, 3.8) is 0 Å². The number of hydrogen-bond acceptors (Lipinski definition) is 6. The summed E-state index contributed by atoms with van der Waals surface area (Å²) in [6.45, 7) is 1.55. The Kier molecular flexibility index (Phi) is 6.05. The van der Waals surface area contributed by atoms with Crippen LogP contribution in [0.25, 0.3) is 21.9 Å². The van der Waals surface area contributed by atoms with E-state index in [-0.39, 0.29) is 12.0 Å². The van der Waals surface area contributed by atoms with Crippen molar-refractivity contribution in [2.24, 2.45) is 5.92 Å². The molecule has 4 heterocycles. The molecule has 2 aliphatic rings. The van der Waals surface area contributed by atoms with Gasteiger partial charge in [-0.3, -0.25) is 9.11 Å². The fourth-order valence-electron chi connectivity index (χ4n) is 5.71. The molecule has 7 nitrogen and oxygen atoms in total. The summed E-state index contributed by atoms with van der Waals surface area (Å²) in [4.78, 5) is 14.3. The molecule has 2 fully saturated rings. The third-order valence-corrected chi connectivity index (χ3v) is 8.32. The summed E-state index contributed by atoms with van der Waals surface area (Å²) in [7, 11) is 1.72. The first kappa shape index (κ1) is 21.0. The number of hydrogen-bond donors (Lipinski definition) is 1. The van der Waals surface area contributed by atoms with E-state index in [9.17, 15) is 8.76 Å². The van der Waals surface area contributed by atoms with Gasteiger partial charge >= 0.3 is 0 Å². The average molecular weight is 442 g/mol. The van der Waals surface area contributed by atoms with Gasteiger partial charge in [0.05, 0.1) is 23.2 Å². The number of pyridine rings is 2. The minimum absolute atomic E-state index is 0.136. The van der Waals surface area contributed by atoms with Crippen LogP contribution in [0.3, 0.4) is 0 Å². The molecule has 1 saturated heterocycles. The number of nitrogens with zero attached hydrogens (tertiary/aromatic N) is 3. The Bertz CT molecular complexity index is 1080. The van der Waals surface area contributed by atoms with Gasteiger partial charge in [0.1, 0.15) is 0 Å². The lowest BCUT2D eigenvalue weighted by Gasteiger charge is -2.44. The van der Waals surface area contributed by atoms with Gasteiger partial charge in [-0.25, -0.2) is 9.97 Å². The van der Waals surface area contributed by atoms with E-state index in [0.29, 0.717) is 12.5 Å². The van der Waals surface area contributed by atoms with Crippen molar-refractivity contribution in [1.29, 1.82) is 0 Å². The van der Waals surface area contributed by atoms with Crippen molar-refractivity contribution in [3.8, 4) is 0 Å². The molecule has 31 heavy (non-hydrogen) atoms. The number of methoxy groups -OCH3 is 1. The SMILES string of the molecule is COC1CCCN(C(C2CCC(c3cc[nH]c4cnc5nccc5c34)CC2)S(=O)[O-])C1. The molecule has 3 aromatic heterocycles. The fourth-order valence-corrected chi connectivity index (χ4v) is 6.73. The number of likely N-dealkylation sites (tertiary alicyclic amines) is 1. The van der Waals surface area contributed by atoms with Crippen molar-refractivity contribution in [3.05, 3.63) is 36.3 Å². The average Bonchev–Trinajstić information content (AvgIpc) is 3.28. The zero-order valence-electron chi connectivity index (χ0n) is 17.8. The second-order valence-electron chi connectivity index (χ2n) is 8.92. The molecule has 0 spiro atoms. The molecule has 5 rings (SSSR count). The zero-order chi connectivity index (χ0) is 21.4. The highest BCUT2D eigenvalue weighted by Gasteiger charge is 2.35. The van der Waals surface area contributed by atoms with Crippen LogP contribution in [-0.2, 0) is 15.8 Å². The van der Waals surface area contributed by atoms with E-state index < -0.39 is 16.5 Å². The van der Waals surface area contributed by atoms with Gasteiger partial charge in [0.2, 0.25) is 0 Å². The first-order valence-corrected chi connectivity index (χ1v) is 12.3. The maximum absolute atomic E-state index is 12.2. The van der Waals surface area contributed by atoms with Crippen LogP contribution < -0.4 is 0 Å². The molecule has 1 N–H and O–H groups in total. The van der Waals surface area contributed by atoms with Crippen LogP contribution in [0.2, 0.25) is 0 Å². The predicted octanol–water partition coefficient (Wildman–Crippen LogP) is 3.70. The summed E-state index contributed by atoms with van der Waals surface area (Å²) >= 11 is -2.11. The van der Waals surface area contributed by atoms with Gasteiger partial charge in [-0.05, 0) is 85.7 Å². The molecule has 0 bridgehead atoms. The third-order valence-electron chi connectivity index (χ3n) is 7.24. The van der Waals surface area contributed by atoms with Gasteiger partial charge in [0.25, 0.3) is 0 Å². The molecule has 3 atom stereocenters. The Morgan fingerprint density at radius 2 is 2.06 bits per heavy atom. The molecule has 166 valence electrons. The second-order valence-corrected chi connectivity index (χ2v) is 9.92. The Morgan fingerprint density at radius 3 is 2.84 bits per heavy atom. The van der Waals surface area contributed by atoms with E-state index in [2.05, 4.69) is 25.9 Å². The number of H-pyrrole nitrogens is 1. The third kappa shape index (κ3) is 4.02. The summed E-state index contributed by atoms with van der Waals surface area (Å²) in [5, 5.41) is 1.88. The summed E-state index contributed by atoms with van der Waals surface area (Å²) in [6, 6.07) is 4.21. The van der Waals surface area contributed by atoms with Crippen LogP contribution in [0, 0.1) is 5.92 Å². The first-order chi connectivity index (χ1) is 15.2. The van der Waals surface area contributed by atoms with Crippen LogP contribution in [0.1, 0.15) is 50.0 Å². The van der Waals surface area contributed by atoms with Crippen LogP contribution in [0.5, 0.6) is 0 Å². The Morgan fingerprint density at radius 1 is 1.23 bits per heavy atom. The monoisotopic (exact) mass is 441 g/mol. The lowest BCUT2D eigenvalue weighted by atomic mass is 9.77. The molecule has 3 aromatic rings. The highest BCUT2D eigenvalue weighted by molar-refractivity contribution is 7.79. The van der Waals surface area contributed by atoms with Gasteiger partial charge in [0, 0.05) is 36.8 Å². The van der Waals surface area contributed by atoms with E-state index in [0.717, 1.165) is 61.6 Å². The van der Waals surface area contributed by atoms with E-state index in [1.807, 2.05) is 24.7 Å². The smallest absolute Gasteiger partial charge is 0.159 e. The highest BCUT2D eigenvalue weighted by atomic mass is 32.2. The molecule has 3 unspecified atom stereocenters. The molecular weight excluding hydrogens is 412 g/mol. The number of ether oxygens (including phenoxy) is 1. The maximum Gasteiger partial charge on any atom is 0.159 e. The molecule has 8 heteroatoms. The van der Waals surface area contributed by atoms with Crippen molar-refractivity contribution in [2.45, 2.75) is 55.9 Å². The van der Waals surface area contributed by atoms with E-state index >= 15 is 0 Å². The van der Waals surface area contributed by atoms with E-state index in [1.54, 1.807) is 7.11 Å². The highest BCUT2D eigenvalue weighted by Crippen LogP contribution is 2.42. The van der Waals surface area contributed by atoms with Crippen molar-refractivity contribution in [1.82, 2.24) is 19.9 Å². The number of aromatic nitrogens is 3. The quantitative estimate of drug-likeness (QED) is 0.607. The van der Waals surface area contributed by atoms with Gasteiger partial charge < -0.3 is 14.3 Å². The first-order valence-electron chi connectivity index (χ1n) is 11.2. The topological polar surface area (TPSA) is 94.2 Å². The second kappa shape index (κ2) is 8.94. The molecular formula is C23H29N4O3S-. The molecule has 1 saturated carbocycles. The van der Waals surface area contributed by atoms with E-state index in [1.165, 1.54) is 10.9 Å². The number of nitrogens with one attached hydrogen (secondary N) is 1.